The smallest absolute Gasteiger partial charge is 0.550 e. The minimum atomic E-state index is -3.18. The van der Waals surface area contributed by atoms with Crippen LogP contribution in [0.25, 0.3) is 0 Å². The zero-order valence-corrected chi connectivity index (χ0v) is 17.1. The van der Waals surface area contributed by atoms with Gasteiger partial charge in [-0.05, 0) is 16.5 Å². The van der Waals surface area contributed by atoms with Gasteiger partial charge in [0.2, 0.25) is 5.91 Å². The second kappa shape index (κ2) is 7.56. The Morgan fingerprint density at radius 1 is 1.17 bits per heavy atom. The molecule has 6 nitrogen and oxygen atoms in total. The molecule has 1 aliphatic carbocycles. The largest absolute Gasteiger partial charge is 1.00 e. The normalized spacial score (nSPS) is 21.5. The number of carbonyl (C=O) groups excluding carboxylic acids is 2. The maximum atomic E-state index is 12.2. The van der Waals surface area contributed by atoms with Crippen LogP contribution in [0.1, 0.15) is 25.0 Å². The van der Waals surface area contributed by atoms with Crippen LogP contribution in [0.5, 0.6) is 0 Å². The first-order valence-corrected chi connectivity index (χ1v) is 9.33. The fourth-order valence-corrected chi connectivity index (χ4v) is 3.86. The van der Waals surface area contributed by atoms with Crippen LogP contribution in [0.15, 0.2) is 24.3 Å². The Kier molecular flexibility index (Phi) is 6.66. The van der Waals surface area contributed by atoms with Gasteiger partial charge in [-0.25, -0.2) is 8.42 Å². The number of nitrogens with one attached hydrogen (secondary N) is 1. The third-order valence-corrected chi connectivity index (χ3v) is 5.19. The van der Waals surface area contributed by atoms with Crippen molar-refractivity contribution in [2.75, 3.05) is 6.26 Å². The molecule has 126 valence electrons. The maximum absolute atomic E-state index is 12.2. The molecule has 0 heterocycles. The van der Waals surface area contributed by atoms with Crippen LogP contribution in [0.3, 0.4) is 0 Å². The average Bonchev–Trinajstić information content (AvgIpc) is 2.99. The number of sulfone groups is 1. The first kappa shape index (κ1) is 21.2. The van der Waals surface area contributed by atoms with E-state index in [0.29, 0.717) is 11.1 Å². The number of carboxylic acids is 1. The Labute approximate surface area is 164 Å². The topological polar surface area (TPSA) is 103 Å². The van der Waals surface area contributed by atoms with Crippen LogP contribution in [-0.2, 0) is 31.7 Å². The van der Waals surface area contributed by atoms with Crippen LogP contribution < -0.4 is 40.0 Å². The third-order valence-electron chi connectivity index (χ3n) is 4.35. The Hall–Kier alpha value is -0.890. The molecule has 2 atom stereocenters. The molecule has 0 spiro atoms. The Balaban J connectivity index is 0.00000288. The van der Waals surface area contributed by atoms with E-state index >= 15 is 0 Å². The van der Waals surface area contributed by atoms with Gasteiger partial charge in [-0.15, -0.1) is 0 Å². The molecule has 1 N–H and O–H groups in total. The van der Waals surface area contributed by atoms with Crippen molar-refractivity contribution in [3.8, 4) is 0 Å². The van der Waals surface area contributed by atoms with Crippen LogP contribution in [0.4, 0.5) is 0 Å². The summed E-state index contributed by atoms with van der Waals surface area (Å²) in [5.41, 5.74) is 0.714. The van der Waals surface area contributed by atoms with Crippen molar-refractivity contribution in [2.24, 2.45) is 17.3 Å². The Morgan fingerprint density at radius 3 is 2.17 bits per heavy atom. The van der Waals surface area contributed by atoms with E-state index in [1.165, 1.54) is 0 Å². The van der Waals surface area contributed by atoms with E-state index in [0.717, 1.165) is 6.26 Å². The summed E-state index contributed by atoms with van der Waals surface area (Å²) in [6.07, 6.45) is 1.15. The summed E-state index contributed by atoms with van der Waals surface area (Å²) in [4.78, 5) is 23.2. The predicted octanol–water partition coefficient (Wildman–Crippen LogP) is -3.13. The van der Waals surface area contributed by atoms with Crippen molar-refractivity contribution < 1.29 is 52.7 Å². The molecule has 1 fully saturated rings. The molecule has 1 aliphatic rings. The molecule has 1 amide bonds. The zero-order valence-electron chi connectivity index (χ0n) is 14.3. The molecule has 0 radical (unpaired) electrons. The average molecular weight is 361 g/mol. The molecular formula is C16H20NNaO5S. The summed E-state index contributed by atoms with van der Waals surface area (Å²) in [6, 6.07) is 6.95. The number of benzene rings is 1. The minimum absolute atomic E-state index is 0. The summed E-state index contributed by atoms with van der Waals surface area (Å²) < 4.78 is 22.9. The summed E-state index contributed by atoms with van der Waals surface area (Å²) in [5.74, 6) is -3.07. The first-order valence-electron chi connectivity index (χ1n) is 7.27. The van der Waals surface area contributed by atoms with Gasteiger partial charge < -0.3 is 15.2 Å². The number of carboxylic acid groups (broad SMARTS) is 1. The molecule has 2 rings (SSSR count). The molecule has 24 heavy (non-hydrogen) atoms. The summed E-state index contributed by atoms with van der Waals surface area (Å²) in [6.45, 7) is 3.60. The number of rotatable bonds is 6. The third kappa shape index (κ3) is 4.81. The fraction of sp³-hybridized carbons (Fsp3) is 0.500. The molecule has 1 saturated carbocycles. The van der Waals surface area contributed by atoms with Gasteiger partial charge in [0.25, 0.3) is 0 Å². The van der Waals surface area contributed by atoms with Crippen molar-refractivity contribution in [1.82, 2.24) is 5.32 Å². The predicted molar refractivity (Wildman–Crippen MR) is 82.6 cm³/mol. The minimum Gasteiger partial charge on any atom is -0.550 e. The van der Waals surface area contributed by atoms with E-state index in [1.54, 1.807) is 38.1 Å². The second-order valence-electron chi connectivity index (χ2n) is 6.65. The summed E-state index contributed by atoms with van der Waals surface area (Å²) in [5, 5.41) is 13.7. The molecule has 0 unspecified atom stereocenters. The molecule has 0 bridgehead atoms. The fourth-order valence-electron chi connectivity index (χ4n) is 3.01. The van der Waals surface area contributed by atoms with Crippen molar-refractivity contribution in [1.29, 1.82) is 0 Å². The van der Waals surface area contributed by atoms with Crippen LogP contribution in [0, 0.1) is 17.3 Å². The Morgan fingerprint density at radius 2 is 1.71 bits per heavy atom. The molecule has 0 aromatic heterocycles. The van der Waals surface area contributed by atoms with Crippen molar-refractivity contribution in [3.63, 3.8) is 0 Å². The van der Waals surface area contributed by atoms with E-state index in [4.69, 9.17) is 0 Å². The summed E-state index contributed by atoms with van der Waals surface area (Å²) in [7, 11) is -3.18. The number of amides is 1. The zero-order chi connectivity index (χ0) is 17.4. The van der Waals surface area contributed by atoms with Gasteiger partial charge >= 0.3 is 29.6 Å². The second-order valence-corrected chi connectivity index (χ2v) is 8.79. The van der Waals surface area contributed by atoms with E-state index in [-0.39, 0.29) is 47.8 Å². The molecule has 1 aromatic carbocycles. The van der Waals surface area contributed by atoms with Gasteiger partial charge in [0.15, 0.2) is 9.84 Å². The van der Waals surface area contributed by atoms with Crippen molar-refractivity contribution >= 4 is 21.7 Å². The molecule has 0 aliphatic heterocycles. The quantitative estimate of drug-likeness (QED) is 0.540. The number of carbonyl (C=O) groups is 2. The molecule has 1 aromatic rings. The van der Waals surface area contributed by atoms with Gasteiger partial charge in [0.05, 0.1) is 11.7 Å². The molecule has 0 saturated heterocycles. The van der Waals surface area contributed by atoms with Gasteiger partial charge in [-0.3, -0.25) is 4.79 Å². The SMILES string of the molecule is CC1(C)[C@H](C(=O)[O-])[C@@H]1C(=O)NCc1ccccc1CS(C)(=O)=O.[Na+]. The van der Waals surface area contributed by atoms with Crippen molar-refractivity contribution in [2.45, 2.75) is 26.1 Å². The standard InChI is InChI=1S/C16H21NO5S.Na/c1-16(2)12(13(16)15(19)20)14(18)17-8-10-6-4-5-7-11(10)9-23(3,21)22;/h4-7,12-13H,8-9H2,1-3H3,(H,17,18)(H,19,20);/q;+1/p-1/t12-,13+;/m1./s1. The van der Waals surface area contributed by atoms with Crippen LogP contribution in [-0.4, -0.2) is 26.6 Å². The number of hydrogen-bond acceptors (Lipinski definition) is 5. The number of hydrogen-bond donors (Lipinski definition) is 1. The van der Waals surface area contributed by atoms with Gasteiger partial charge in [-0.1, -0.05) is 38.1 Å². The van der Waals surface area contributed by atoms with E-state index in [2.05, 4.69) is 5.32 Å². The first-order chi connectivity index (χ1) is 10.5. The Bertz CT molecular complexity index is 745. The van der Waals surface area contributed by atoms with Gasteiger partial charge in [0.1, 0.15) is 0 Å². The monoisotopic (exact) mass is 361 g/mol. The number of aliphatic carboxylic acids is 1. The van der Waals surface area contributed by atoms with Crippen molar-refractivity contribution in [3.05, 3.63) is 35.4 Å². The van der Waals surface area contributed by atoms with E-state index < -0.39 is 33.1 Å². The maximum Gasteiger partial charge on any atom is 1.00 e. The van der Waals surface area contributed by atoms with Crippen LogP contribution in [0.2, 0.25) is 0 Å². The summed E-state index contributed by atoms with van der Waals surface area (Å²) >= 11 is 0. The van der Waals surface area contributed by atoms with Gasteiger partial charge in [-0.2, -0.15) is 0 Å². The molecule has 8 heteroatoms. The van der Waals surface area contributed by atoms with Gasteiger partial charge in [0, 0.05) is 24.7 Å². The molecular weight excluding hydrogens is 341 g/mol. The van der Waals surface area contributed by atoms with E-state index in [9.17, 15) is 23.1 Å². The van der Waals surface area contributed by atoms with Crippen LogP contribution >= 0.6 is 0 Å². The van der Waals surface area contributed by atoms with E-state index in [1.807, 2.05) is 0 Å².